The molecule has 0 amide bonds. The lowest BCUT2D eigenvalue weighted by atomic mass is 10.0. The van der Waals surface area contributed by atoms with Crippen molar-refractivity contribution in [3.05, 3.63) is 48.6 Å². The Kier molecular flexibility index (Phi) is 36.2. The quantitative estimate of drug-likeness (QED) is 0.0152. The molecular formula is C46H85NO11P+. The van der Waals surface area contributed by atoms with Crippen LogP contribution >= 0.6 is 7.82 Å². The van der Waals surface area contributed by atoms with Gasteiger partial charge in [-0.2, -0.15) is 0 Å². The fourth-order valence-electron chi connectivity index (χ4n) is 5.99. The third-order valence-electron chi connectivity index (χ3n) is 9.73. The molecule has 5 atom stereocenters. The van der Waals surface area contributed by atoms with Crippen LogP contribution in [0.15, 0.2) is 48.6 Å². The molecule has 0 aliphatic heterocycles. The van der Waals surface area contributed by atoms with Crippen LogP contribution in [0.3, 0.4) is 0 Å². The summed E-state index contributed by atoms with van der Waals surface area (Å²) < 4.78 is 34.0. The van der Waals surface area contributed by atoms with Crippen LogP contribution in [-0.4, -0.2) is 109 Å². The van der Waals surface area contributed by atoms with E-state index in [1.165, 1.54) is 76.7 Å². The predicted octanol–water partition coefficient (Wildman–Crippen LogP) is 9.60. The summed E-state index contributed by atoms with van der Waals surface area (Å²) in [7, 11) is 1.26. The maximum Gasteiger partial charge on any atom is 0.472 e. The number of carbonyl (C=O) groups is 2. The van der Waals surface area contributed by atoms with Crippen molar-refractivity contribution in [2.75, 3.05) is 47.5 Å². The number of nitrogens with zero attached hydrogens (tertiary/aromatic N) is 1. The number of rotatable bonds is 40. The third-order valence-corrected chi connectivity index (χ3v) is 10.7. The molecule has 0 heterocycles. The van der Waals surface area contributed by atoms with E-state index in [9.17, 15) is 34.4 Å². The summed E-state index contributed by atoms with van der Waals surface area (Å²) in [6, 6.07) is 0. The Morgan fingerprint density at radius 3 is 1.64 bits per heavy atom. The molecule has 13 heteroatoms. The van der Waals surface area contributed by atoms with Crippen LogP contribution in [0.1, 0.15) is 162 Å². The maximum absolute atomic E-state index is 12.7. The molecule has 0 aromatic heterocycles. The molecule has 0 fully saturated rings. The number of esters is 2. The number of phosphoric ester groups is 1. The first-order chi connectivity index (χ1) is 28.2. The number of likely N-dealkylation sites (N-methyl/N-ethyl adjacent to an activating group) is 1. The second-order valence-electron chi connectivity index (χ2n) is 16.7. The van der Waals surface area contributed by atoms with Gasteiger partial charge in [0.15, 0.2) is 6.10 Å². The Labute approximate surface area is 358 Å². The number of allylic oxidation sites excluding steroid dienone is 6. The topological polar surface area (TPSA) is 169 Å². The summed E-state index contributed by atoms with van der Waals surface area (Å²) >= 11 is 0. The van der Waals surface area contributed by atoms with Crippen molar-refractivity contribution >= 4 is 19.8 Å². The first-order valence-corrected chi connectivity index (χ1v) is 24.2. The lowest BCUT2D eigenvalue weighted by Gasteiger charge is -2.24. The van der Waals surface area contributed by atoms with Gasteiger partial charge in [-0.3, -0.25) is 18.6 Å². The van der Waals surface area contributed by atoms with Crippen molar-refractivity contribution in [2.45, 2.75) is 186 Å². The second kappa shape index (κ2) is 37.6. The minimum absolute atomic E-state index is 0.0324. The molecule has 0 bridgehead atoms. The van der Waals surface area contributed by atoms with Crippen molar-refractivity contribution in [3.8, 4) is 0 Å². The van der Waals surface area contributed by atoms with Crippen LogP contribution in [0.5, 0.6) is 0 Å². The van der Waals surface area contributed by atoms with E-state index in [4.69, 9.17) is 18.5 Å². The zero-order valence-corrected chi connectivity index (χ0v) is 38.5. The first-order valence-electron chi connectivity index (χ1n) is 22.7. The second-order valence-corrected chi connectivity index (χ2v) is 18.1. The highest BCUT2D eigenvalue weighted by atomic mass is 31.2. The van der Waals surface area contributed by atoms with Crippen molar-refractivity contribution in [1.29, 1.82) is 0 Å². The number of quaternary nitrogens is 1. The van der Waals surface area contributed by atoms with Gasteiger partial charge in [-0.15, -0.1) is 0 Å². The minimum atomic E-state index is -4.47. The molecule has 0 saturated heterocycles. The molecule has 59 heavy (non-hydrogen) atoms. The molecule has 0 rings (SSSR count). The highest BCUT2D eigenvalue weighted by Crippen LogP contribution is 2.43. The normalized spacial score (nSPS) is 15.6. The van der Waals surface area contributed by atoms with E-state index in [1.807, 2.05) is 21.1 Å². The van der Waals surface area contributed by atoms with Gasteiger partial charge in [-0.05, 0) is 25.7 Å². The lowest BCUT2D eigenvalue weighted by Crippen LogP contribution is -2.37. The van der Waals surface area contributed by atoms with E-state index in [2.05, 4.69) is 13.8 Å². The fraction of sp³-hybridized carbons (Fsp3) is 0.783. The Hall–Kier alpha value is -2.15. The van der Waals surface area contributed by atoms with Gasteiger partial charge in [0, 0.05) is 12.8 Å². The van der Waals surface area contributed by atoms with E-state index in [1.54, 1.807) is 42.5 Å². The van der Waals surface area contributed by atoms with E-state index in [0.29, 0.717) is 17.4 Å². The smallest absolute Gasteiger partial charge is 0.462 e. The number of aliphatic hydroxyl groups is 3. The molecule has 12 nitrogen and oxygen atoms in total. The summed E-state index contributed by atoms with van der Waals surface area (Å²) in [6.07, 6.45) is 32.4. The standard InChI is InChI=1S/C46H84NO11P/c1-6-8-10-11-12-13-14-15-16-17-18-19-20-25-29-35-45(51)55-39-42(40-57-59(53,54)56-38-37-47(3,4)5)58-46(52)36-30-34-44(50)43(49)33-28-24-22-21-23-27-32-41(48)31-26-9-7-2/h21-24,27-28,32-33,41-44,48-50H,6-20,25-26,29-31,34-40H2,1-5H3/p+1/b23-21-,24-22+,32-27+,33-28+/t41-,42+,43-,44-/m0/s1. The Balaban J connectivity index is 4.68. The zero-order chi connectivity index (χ0) is 44.0. The van der Waals surface area contributed by atoms with Gasteiger partial charge in [0.1, 0.15) is 19.8 Å². The largest absolute Gasteiger partial charge is 0.472 e. The summed E-state index contributed by atoms with van der Waals surface area (Å²) in [6.45, 7) is 3.91. The molecule has 0 aromatic rings. The van der Waals surface area contributed by atoms with Crippen LogP contribution in [0, 0.1) is 0 Å². The van der Waals surface area contributed by atoms with E-state index < -0.39 is 50.8 Å². The molecule has 0 aliphatic carbocycles. The molecule has 0 spiro atoms. The average molecular weight is 859 g/mol. The molecule has 0 radical (unpaired) electrons. The minimum Gasteiger partial charge on any atom is -0.462 e. The summed E-state index contributed by atoms with van der Waals surface area (Å²) in [5.41, 5.74) is 0. The molecule has 4 N–H and O–H groups in total. The molecule has 0 aromatic carbocycles. The van der Waals surface area contributed by atoms with Crippen LogP contribution in [-0.2, 0) is 32.7 Å². The summed E-state index contributed by atoms with van der Waals surface area (Å²) in [4.78, 5) is 35.4. The molecule has 1 unspecified atom stereocenters. The number of ether oxygens (including phenoxy) is 2. The van der Waals surface area contributed by atoms with Crippen molar-refractivity contribution in [2.24, 2.45) is 0 Å². The SMILES string of the molecule is CCCCCCCCCCCCCCCCCC(=O)OC[C@H](COP(=O)(O)OCC[N+](C)(C)C)OC(=O)CCC[C@H](O)[C@@H](O)/C=C/C=C/C=C\C=C\[C@@H](O)CCCCC. The molecule has 0 saturated carbocycles. The Morgan fingerprint density at radius 2 is 1.08 bits per heavy atom. The van der Waals surface area contributed by atoms with Gasteiger partial charge in [-0.1, -0.05) is 172 Å². The number of aliphatic hydroxyl groups excluding tert-OH is 3. The number of hydrogen-bond acceptors (Lipinski definition) is 10. The first kappa shape index (κ1) is 56.9. The van der Waals surface area contributed by atoms with Gasteiger partial charge in [-0.25, -0.2) is 4.57 Å². The van der Waals surface area contributed by atoms with Crippen LogP contribution in [0.2, 0.25) is 0 Å². The zero-order valence-electron chi connectivity index (χ0n) is 37.6. The van der Waals surface area contributed by atoms with Gasteiger partial charge in [0.25, 0.3) is 0 Å². The van der Waals surface area contributed by atoms with Gasteiger partial charge < -0.3 is 34.2 Å². The van der Waals surface area contributed by atoms with Gasteiger partial charge >= 0.3 is 19.8 Å². The summed E-state index contributed by atoms with van der Waals surface area (Å²) in [5, 5.41) is 30.6. The van der Waals surface area contributed by atoms with E-state index in [0.717, 1.165) is 44.9 Å². The van der Waals surface area contributed by atoms with E-state index in [-0.39, 0.29) is 38.9 Å². The Morgan fingerprint density at radius 1 is 0.593 bits per heavy atom. The number of hydrogen-bond donors (Lipinski definition) is 4. The predicted molar refractivity (Wildman–Crippen MR) is 238 cm³/mol. The van der Waals surface area contributed by atoms with Crippen LogP contribution < -0.4 is 0 Å². The van der Waals surface area contributed by atoms with Gasteiger partial charge in [0.05, 0.1) is 46.1 Å². The lowest BCUT2D eigenvalue weighted by molar-refractivity contribution is -0.870. The highest BCUT2D eigenvalue weighted by Gasteiger charge is 2.27. The fourth-order valence-corrected chi connectivity index (χ4v) is 6.73. The average Bonchev–Trinajstić information content (AvgIpc) is 3.17. The molecular weight excluding hydrogens is 773 g/mol. The van der Waals surface area contributed by atoms with Gasteiger partial charge in [0.2, 0.25) is 0 Å². The molecule has 0 aliphatic rings. The number of unbranched alkanes of at least 4 members (excludes halogenated alkanes) is 16. The van der Waals surface area contributed by atoms with Crippen LogP contribution in [0.25, 0.3) is 0 Å². The van der Waals surface area contributed by atoms with Crippen molar-refractivity contribution < 1.29 is 57.4 Å². The monoisotopic (exact) mass is 859 g/mol. The molecule has 344 valence electrons. The third kappa shape index (κ3) is 39.7. The summed E-state index contributed by atoms with van der Waals surface area (Å²) in [5.74, 6) is -1.13. The number of carbonyl (C=O) groups excluding carboxylic acids is 2. The highest BCUT2D eigenvalue weighted by molar-refractivity contribution is 7.47. The number of phosphoric acid groups is 1. The van der Waals surface area contributed by atoms with E-state index >= 15 is 0 Å². The maximum atomic E-state index is 12.7. The van der Waals surface area contributed by atoms with Crippen molar-refractivity contribution in [3.63, 3.8) is 0 Å². The Bertz CT molecular complexity index is 1200. The van der Waals surface area contributed by atoms with Crippen molar-refractivity contribution in [1.82, 2.24) is 0 Å². The van der Waals surface area contributed by atoms with Crippen LogP contribution in [0.4, 0.5) is 0 Å².